The smallest absolute Gasteiger partial charge is 0.139 e. The number of hydrogen-bond acceptors (Lipinski definition) is 1. The Hall–Kier alpha value is -0.330. The minimum atomic E-state index is 0.222. The molecule has 9 heavy (non-hydrogen) atoms. The summed E-state index contributed by atoms with van der Waals surface area (Å²) in [6.07, 6.45) is 4.52. The summed E-state index contributed by atoms with van der Waals surface area (Å²) in [7, 11) is 0. The molecular weight excluding hydrogens is 112 g/mol. The molecule has 50 valence electrons. The van der Waals surface area contributed by atoms with E-state index in [0.29, 0.717) is 11.7 Å². The number of ketones is 1. The van der Waals surface area contributed by atoms with E-state index in [2.05, 4.69) is 6.92 Å². The van der Waals surface area contributed by atoms with Gasteiger partial charge in [0.05, 0.1) is 0 Å². The average molecular weight is 124 g/mol. The summed E-state index contributed by atoms with van der Waals surface area (Å²) in [6, 6.07) is 0. The lowest BCUT2D eigenvalue weighted by Gasteiger charge is -2.52. The van der Waals surface area contributed by atoms with Crippen molar-refractivity contribution in [2.75, 3.05) is 0 Å². The van der Waals surface area contributed by atoms with Gasteiger partial charge >= 0.3 is 0 Å². The highest BCUT2D eigenvalue weighted by molar-refractivity contribution is 5.92. The zero-order valence-corrected chi connectivity index (χ0v) is 5.81. The lowest BCUT2D eigenvalue weighted by molar-refractivity contribution is -0.154. The Labute approximate surface area is 55.4 Å². The van der Waals surface area contributed by atoms with Crippen LogP contribution >= 0.6 is 0 Å². The van der Waals surface area contributed by atoms with Crippen molar-refractivity contribution in [3.63, 3.8) is 0 Å². The Morgan fingerprint density at radius 3 is 2.33 bits per heavy atom. The van der Waals surface area contributed by atoms with E-state index in [1.165, 1.54) is 19.3 Å². The normalized spacial score (nSPS) is 37.9. The standard InChI is InChI=1S/C8H12O/c1-6-5-7(9)8(6)3-2-4-8/h6H,2-5H2,1H3. The third-order valence-corrected chi connectivity index (χ3v) is 3.24. The van der Waals surface area contributed by atoms with E-state index in [1.54, 1.807) is 0 Å². The van der Waals surface area contributed by atoms with Gasteiger partial charge in [-0.3, -0.25) is 4.79 Å². The summed E-state index contributed by atoms with van der Waals surface area (Å²) in [5.74, 6) is 1.25. The number of hydrogen-bond donors (Lipinski definition) is 0. The van der Waals surface area contributed by atoms with Crippen LogP contribution < -0.4 is 0 Å². The molecule has 2 saturated carbocycles. The van der Waals surface area contributed by atoms with Crippen molar-refractivity contribution in [2.45, 2.75) is 32.6 Å². The number of carbonyl (C=O) groups is 1. The molecule has 1 nitrogen and oxygen atoms in total. The Morgan fingerprint density at radius 1 is 1.56 bits per heavy atom. The van der Waals surface area contributed by atoms with Gasteiger partial charge in [-0.2, -0.15) is 0 Å². The minimum Gasteiger partial charge on any atom is -0.299 e. The summed E-state index contributed by atoms with van der Waals surface area (Å²) in [6.45, 7) is 2.21. The van der Waals surface area contributed by atoms with Crippen molar-refractivity contribution < 1.29 is 4.79 Å². The predicted octanol–water partition coefficient (Wildman–Crippen LogP) is 1.77. The maximum atomic E-state index is 11.0. The van der Waals surface area contributed by atoms with Crippen LogP contribution in [0.5, 0.6) is 0 Å². The molecule has 0 saturated heterocycles. The Morgan fingerprint density at radius 2 is 2.22 bits per heavy atom. The predicted molar refractivity (Wildman–Crippen MR) is 35.1 cm³/mol. The van der Waals surface area contributed by atoms with Crippen molar-refractivity contribution in [3.05, 3.63) is 0 Å². The first-order chi connectivity index (χ1) is 4.26. The van der Waals surface area contributed by atoms with Gasteiger partial charge in [-0.15, -0.1) is 0 Å². The lowest BCUT2D eigenvalue weighted by Crippen LogP contribution is -2.53. The van der Waals surface area contributed by atoms with Gasteiger partial charge in [0.1, 0.15) is 5.78 Å². The van der Waals surface area contributed by atoms with Gasteiger partial charge in [-0.25, -0.2) is 0 Å². The largest absolute Gasteiger partial charge is 0.299 e. The third kappa shape index (κ3) is 0.440. The van der Waals surface area contributed by atoms with Gasteiger partial charge in [-0.05, 0) is 18.8 Å². The van der Waals surface area contributed by atoms with Crippen molar-refractivity contribution >= 4 is 5.78 Å². The highest BCUT2D eigenvalue weighted by Crippen LogP contribution is 2.56. The van der Waals surface area contributed by atoms with E-state index in [1.807, 2.05) is 0 Å². The van der Waals surface area contributed by atoms with E-state index in [4.69, 9.17) is 0 Å². The maximum Gasteiger partial charge on any atom is 0.139 e. The van der Waals surface area contributed by atoms with E-state index in [-0.39, 0.29) is 5.41 Å². The Bertz CT molecular complexity index is 156. The molecule has 2 rings (SSSR count). The first-order valence-corrected chi connectivity index (χ1v) is 3.79. The van der Waals surface area contributed by atoms with Crippen LogP contribution in [0.15, 0.2) is 0 Å². The van der Waals surface area contributed by atoms with Gasteiger partial charge < -0.3 is 0 Å². The summed E-state index contributed by atoms with van der Waals surface area (Å²) in [4.78, 5) is 11.0. The number of carbonyl (C=O) groups excluding carboxylic acids is 1. The SMILES string of the molecule is CC1CC(=O)C12CCC2. The quantitative estimate of drug-likeness (QED) is 0.481. The molecule has 2 fully saturated rings. The van der Waals surface area contributed by atoms with Crippen LogP contribution in [-0.2, 0) is 4.79 Å². The molecule has 0 aliphatic heterocycles. The fraction of sp³-hybridized carbons (Fsp3) is 0.875. The first kappa shape index (κ1) is 5.45. The summed E-state index contributed by atoms with van der Waals surface area (Å²) < 4.78 is 0. The molecule has 1 heteroatoms. The zero-order chi connectivity index (χ0) is 6.48. The minimum absolute atomic E-state index is 0.222. The van der Waals surface area contributed by atoms with Crippen molar-refractivity contribution in [2.24, 2.45) is 11.3 Å². The zero-order valence-electron chi connectivity index (χ0n) is 5.81. The molecule has 1 atom stereocenters. The molecule has 2 aliphatic carbocycles. The van der Waals surface area contributed by atoms with Crippen LogP contribution in [0, 0.1) is 11.3 Å². The monoisotopic (exact) mass is 124 g/mol. The first-order valence-electron chi connectivity index (χ1n) is 3.79. The van der Waals surface area contributed by atoms with Gasteiger partial charge in [0.2, 0.25) is 0 Å². The van der Waals surface area contributed by atoms with Gasteiger partial charge in [-0.1, -0.05) is 13.3 Å². The van der Waals surface area contributed by atoms with Crippen molar-refractivity contribution in [3.8, 4) is 0 Å². The highest BCUT2D eigenvalue weighted by atomic mass is 16.1. The molecule has 1 unspecified atom stereocenters. The second kappa shape index (κ2) is 1.39. The molecule has 0 bridgehead atoms. The Kier molecular flexibility index (Phi) is 0.842. The van der Waals surface area contributed by atoms with Gasteiger partial charge in [0, 0.05) is 11.8 Å². The van der Waals surface area contributed by atoms with Crippen LogP contribution in [0.1, 0.15) is 32.6 Å². The molecule has 0 aromatic rings. The Balaban J connectivity index is 2.17. The molecule has 1 spiro atoms. The van der Waals surface area contributed by atoms with Crippen LogP contribution in [0.2, 0.25) is 0 Å². The summed E-state index contributed by atoms with van der Waals surface area (Å²) in [5, 5.41) is 0. The average Bonchev–Trinajstić information content (AvgIpc) is 1.60. The molecule has 0 radical (unpaired) electrons. The molecule has 0 heterocycles. The van der Waals surface area contributed by atoms with E-state index in [0.717, 1.165) is 6.42 Å². The molecule has 0 amide bonds. The molecule has 0 N–H and O–H groups in total. The van der Waals surface area contributed by atoms with Crippen LogP contribution in [0.4, 0.5) is 0 Å². The van der Waals surface area contributed by atoms with Crippen molar-refractivity contribution in [1.82, 2.24) is 0 Å². The van der Waals surface area contributed by atoms with Gasteiger partial charge in [0.15, 0.2) is 0 Å². The van der Waals surface area contributed by atoms with E-state index < -0.39 is 0 Å². The van der Waals surface area contributed by atoms with E-state index >= 15 is 0 Å². The van der Waals surface area contributed by atoms with E-state index in [9.17, 15) is 4.79 Å². The molecule has 0 aromatic heterocycles. The third-order valence-electron chi connectivity index (χ3n) is 3.24. The number of Topliss-reactive ketones (excluding diaryl/α,β-unsaturated/α-hetero) is 1. The summed E-state index contributed by atoms with van der Waals surface area (Å²) >= 11 is 0. The molecule has 0 aromatic carbocycles. The van der Waals surface area contributed by atoms with Crippen LogP contribution in [0.25, 0.3) is 0 Å². The second-order valence-corrected chi connectivity index (χ2v) is 3.54. The molecule has 2 aliphatic rings. The second-order valence-electron chi connectivity index (χ2n) is 3.54. The van der Waals surface area contributed by atoms with Crippen molar-refractivity contribution in [1.29, 1.82) is 0 Å². The van der Waals surface area contributed by atoms with Gasteiger partial charge in [0.25, 0.3) is 0 Å². The molecular formula is C8H12O. The highest BCUT2D eigenvalue weighted by Gasteiger charge is 2.55. The fourth-order valence-electron chi connectivity index (χ4n) is 2.15. The lowest BCUT2D eigenvalue weighted by atomic mass is 9.50. The fourth-order valence-corrected chi connectivity index (χ4v) is 2.15. The maximum absolute atomic E-state index is 11.0. The number of rotatable bonds is 0. The van der Waals surface area contributed by atoms with Crippen LogP contribution in [-0.4, -0.2) is 5.78 Å². The van der Waals surface area contributed by atoms with Crippen LogP contribution in [0.3, 0.4) is 0 Å². The summed E-state index contributed by atoms with van der Waals surface area (Å²) in [5.41, 5.74) is 0.222. The topological polar surface area (TPSA) is 17.1 Å².